The first kappa shape index (κ1) is 18.3. The first-order valence-electron chi connectivity index (χ1n) is 7.93. The van der Waals surface area contributed by atoms with Gasteiger partial charge in [0, 0.05) is 37.7 Å². The molecule has 2 aromatic rings. The van der Waals surface area contributed by atoms with Crippen molar-refractivity contribution in [3.8, 4) is 11.1 Å². The second kappa shape index (κ2) is 9.98. The quantitative estimate of drug-likeness (QED) is 0.416. The molecule has 124 valence electrons. The van der Waals surface area contributed by atoms with Gasteiger partial charge in [-0.05, 0) is 35.7 Å². The molecule has 0 aliphatic heterocycles. The number of pyridine rings is 1. The highest BCUT2D eigenvalue weighted by Crippen LogP contribution is 2.24. The molecule has 1 aromatic carbocycles. The van der Waals surface area contributed by atoms with Crippen molar-refractivity contribution in [2.45, 2.75) is 20.0 Å². The molecule has 0 aliphatic rings. The van der Waals surface area contributed by atoms with E-state index in [4.69, 9.17) is 4.98 Å². The highest BCUT2D eigenvalue weighted by atomic mass is 32.1. The van der Waals surface area contributed by atoms with Gasteiger partial charge in [-0.1, -0.05) is 24.3 Å². The van der Waals surface area contributed by atoms with Crippen molar-refractivity contribution in [1.82, 2.24) is 15.6 Å². The van der Waals surface area contributed by atoms with E-state index in [0.717, 1.165) is 49.1 Å². The Labute approximate surface area is 150 Å². The van der Waals surface area contributed by atoms with Gasteiger partial charge in [0.05, 0.1) is 11.4 Å². The maximum Gasteiger partial charge on any atom is 0.0551 e. The van der Waals surface area contributed by atoms with Crippen molar-refractivity contribution in [1.29, 1.82) is 0 Å². The summed E-state index contributed by atoms with van der Waals surface area (Å²) in [6, 6.07) is 12.8. The van der Waals surface area contributed by atoms with E-state index in [1.54, 1.807) is 0 Å². The lowest BCUT2D eigenvalue weighted by Gasteiger charge is -2.12. The molecule has 0 bridgehead atoms. The van der Waals surface area contributed by atoms with Crippen LogP contribution in [-0.4, -0.2) is 29.6 Å². The minimum atomic E-state index is 0.764. The number of rotatable bonds is 9. The Hall–Kier alpha value is -1.01. The van der Waals surface area contributed by atoms with Gasteiger partial charge in [0.1, 0.15) is 0 Å². The summed E-state index contributed by atoms with van der Waals surface area (Å²) < 4.78 is 0. The van der Waals surface area contributed by atoms with Crippen LogP contribution >= 0.6 is 25.3 Å². The van der Waals surface area contributed by atoms with Crippen LogP contribution in [-0.2, 0) is 13.1 Å². The Bertz CT molecular complexity index is 589. The van der Waals surface area contributed by atoms with Crippen LogP contribution in [0.2, 0.25) is 0 Å². The largest absolute Gasteiger partial charge is 0.310 e. The number of aromatic nitrogens is 1. The Morgan fingerprint density at radius 3 is 2.00 bits per heavy atom. The van der Waals surface area contributed by atoms with E-state index >= 15 is 0 Å². The number of hydrogen-bond acceptors (Lipinski definition) is 5. The van der Waals surface area contributed by atoms with E-state index in [1.807, 2.05) is 0 Å². The van der Waals surface area contributed by atoms with Crippen molar-refractivity contribution in [2.75, 3.05) is 24.6 Å². The number of aryl methyl sites for hydroxylation is 1. The van der Waals surface area contributed by atoms with Crippen LogP contribution in [0.1, 0.15) is 17.0 Å². The molecule has 2 rings (SSSR count). The van der Waals surface area contributed by atoms with Gasteiger partial charge in [0.25, 0.3) is 0 Å². The van der Waals surface area contributed by atoms with Gasteiger partial charge in [0.15, 0.2) is 0 Å². The van der Waals surface area contributed by atoms with Crippen molar-refractivity contribution in [3.63, 3.8) is 0 Å². The Morgan fingerprint density at radius 2 is 1.48 bits per heavy atom. The van der Waals surface area contributed by atoms with Crippen LogP contribution in [0.5, 0.6) is 0 Å². The normalized spacial score (nSPS) is 10.9. The molecule has 0 saturated heterocycles. The number of benzene rings is 1. The molecule has 1 heterocycles. The third kappa shape index (κ3) is 5.84. The zero-order valence-electron chi connectivity index (χ0n) is 13.5. The summed E-state index contributed by atoms with van der Waals surface area (Å²) in [7, 11) is 0. The van der Waals surface area contributed by atoms with E-state index < -0.39 is 0 Å². The predicted octanol–water partition coefficient (Wildman–Crippen LogP) is 3.10. The molecular weight excluding hydrogens is 322 g/mol. The van der Waals surface area contributed by atoms with Gasteiger partial charge >= 0.3 is 0 Å². The summed E-state index contributed by atoms with van der Waals surface area (Å²) in [5.41, 5.74) is 5.90. The maximum absolute atomic E-state index is 4.76. The molecule has 1 aromatic heterocycles. The summed E-state index contributed by atoms with van der Waals surface area (Å²) in [5, 5.41) is 6.74. The summed E-state index contributed by atoms with van der Waals surface area (Å²) >= 11 is 8.47. The van der Waals surface area contributed by atoms with Gasteiger partial charge in [-0.25, -0.2) is 0 Å². The highest BCUT2D eigenvalue weighted by Gasteiger charge is 2.07. The fourth-order valence-electron chi connectivity index (χ4n) is 2.47. The Kier molecular flexibility index (Phi) is 7.95. The second-order valence-electron chi connectivity index (χ2n) is 5.45. The number of nitrogens with zero attached hydrogens (tertiary/aromatic N) is 1. The van der Waals surface area contributed by atoms with Crippen LogP contribution in [0, 0.1) is 6.92 Å². The minimum Gasteiger partial charge on any atom is -0.310 e. The standard InChI is InChI=1S/C18H25N3S2/c1-14-4-2-3-5-18(14)15-10-16(12-19-6-8-22)21-17(11-15)13-20-7-9-23/h2-5,10-11,19-20,22-23H,6-9,12-13H2,1H3. The summed E-state index contributed by atoms with van der Waals surface area (Å²) in [6.45, 7) is 5.44. The van der Waals surface area contributed by atoms with Gasteiger partial charge in [-0.15, -0.1) is 0 Å². The highest BCUT2D eigenvalue weighted by molar-refractivity contribution is 7.80. The number of hydrogen-bond donors (Lipinski definition) is 4. The van der Waals surface area contributed by atoms with Gasteiger partial charge < -0.3 is 10.6 Å². The summed E-state index contributed by atoms with van der Waals surface area (Å²) in [4.78, 5) is 4.76. The lowest BCUT2D eigenvalue weighted by molar-refractivity contribution is 0.688. The lowest BCUT2D eigenvalue weighted by atomic mass is 10.00. The van der Waals surface area contributed by atoms with Crippen molar-refractivity contribution in [3.05, 3.63) is 53.3 Å². The molecule has 0 unspecified atom stereocenters. The molecule has 3 nitrogen and oxygen atoms in total. The molecule has 0 amide bonds. The summed E-state index contributed by atoms with van der Waals surface area (Å²) in [5.74, 6) is 1.65. The van der Waals surface area contributed by atoms with E-state index in [9.17, 15) is 0 Å². The van der Waals surface area contributed by atoms with Crippen LogP contribution in [0.15, 0.2) is 36.4 Å². The molecule has 2 N–H and O–H groups in total. The van der Waals surface area contributed by atoms with Crippen molar-refractivity contribution in [2.24, 2.45) is 0 Å². The first-order valence-corrected chi connectivity index (χ1v) is 9.20. The van der Waals surface area contributed by atoms with Gasteiger partial charge in [-0.2, -0.15) is 25.3 Å². The van der Waals surface area contributed by atoms with Crippen molar-refractivity contribution >= 4 is 25.3 Å². The van der Waals surface area contributed by atoms with Gasteiger partial charge in [0.2, 0.25) is 0 Å². The van der Waals surface area contributed by atoms with E-state index in [-0.39, 0.29) is 0 Å². The van der Waals surface area contributed by atoms with Crippen LogP contribution in [0.4, 0.5) is 0 Å². The third-order valence-corrected chi connectivity index (χ3v) is 4.02. The third-order valence-electron chi connectivity index (χ3n) is 3.58. The second-order valence-corrected chi connectivity index (χ2v) is 6.35. The molecule has 0 spiro atoms. The molecule has 0 radical (unpaired) electrons. The van der Waals surface area contributed by atoms with Crippen LogP contribution in [0.3, 0.4) is 0 Å². The Balaban J connectivity index is 2.26. The zero-order chi connectivity index (χ0) is 16.5. The number of nitrogens with one attached hydrogen (secondary N) is 2. The average Bonchev–Trinajstić information content (AvgIpc) is 2.56. The van der Waals surface area contributed by atoms with Gasteiger partial charge in [-0.3, -0.25) is 4.98 Å². The zero-order valence-corrected chi connectivity index (χ0v) is 15.3. The molecule has 0 saturated carbocycles. The van der Waals surface area contributed by atoms with Crippen LogP contribution in [0.25, 0.3) is 11.1 Å². The topological polar surface area (TPSA) is 37.0 Å². The molecular formula is C18H25N3S2. The predicted molar refractivity (Wildman–Crippen MR) is 106 cm³/mol. The SMILES string of the molecule is Cc1ccccc1-c1cc(CNCCS)nc(CNCCS)c1. The van der Waals surface area contributed by atoms with E-state index in [1.165, 1.54) is 16.7 Å². The maximum atomic E-state index is 4.76. The minimum absolute atomic E-state index is 0.764. The Morgan fingerprint density at radius 1 is 0.913 bits per heavy atom. The fraction of sp³-hybridized carbons (Fsp3) is 0.389. The molecule has 0 fully saturated rings. The fourth-order valence-corrected chi connectivity index (χ4v) is 2.79. The lowest BCUT2D eigenvalue weighted by Crippen LogP contribution is -2.19. The van der Waals surface area contributed by atoms with E-state index in [2.05, 4.69) is 79.2 Å². The van der Waals surface area contributed by atoms with Crippen molar-refractivity contribution < 1.29 is 0 Å². The molecule has 0 aliphatic carbocycles. The molecule has 0 atom stereocenters. The monoisotopic (exact) mass is 347 g/mol. The summed E-state index contributed by atoms with van der Waals surface area (Å²) in [6.07, 6.45) is 0. The molecule has 5 heteroatoms. The average molecular weight is 348 g/mol. The smallest absolute Gasteiger partial charge is 0.0551 e. The molecule has 23 heavy (non-hydrogen) atoms. The number of thiol groups is 2. The van der Waals surface area contributed by atoms with Crippen LogP contribution < -0.4 is 10.6 Å². The van der Waals surface area contributed by atoms with E-state index in [0.29, 0.717) is 0 Å². The first-order chi connectivity index (χ1) is 11.2.